The molecule has 29 heavy (non-hydrogen) atoms. The molecule has 8 nitrogen and oxygen atoms in total. The lowest BCUT2D eigenvalue weighted by Crippen LogP contribution is -2.52. The Bertz CT molecular complexity index is 908. The van der Waals surface area contributed by atoms with E-state index in [1.165, 1.54) is 24.3 Å². The summed E-state index contributed by atoms with van der Waals surface area (Å²) in [5.74, 6) is 0. The van der Waals surface area contributed by atoms with Crippen molar-refractivity contribution in [2.45, 2.75) is 30.8 Å². The van der Waals surface area contributed by atoms with E-state index < -0.39 is 14.9 Å². The Balaban J connectivity index is 1.79. The second-order valence-corrected chi connectivity index (χ2v) is 9.78. The Labute approximate surface area is 175 Å². The van der Waals surface area contributed by atoms with Crippen LogP contribution in [0.3, 0.4) is 0 Å². The second kappa shape index (κ2) is 9.31. The van der Waals surface area contributed by atoms with Crippen molar-refractivity contribution < 1.29 is 13.3 Å². The number of hydrogen-bond donors (Lipinski definition) is 1. The van der Waals surface area contributed by atoms with Crippen LogP contribution < -0.4 is 4.72 Å². The first kappa shape index (κ1) is 21.8. The topological polar surface area (TPSA) is 95.8 Å². The number of rotatable bonds is 8. The maximum Gasteiger partial charge on any atom is 0.269 e. The molecule has 1 aliphatic heterocycles. The monoisotopic (exact) mass is 438 g/mol. The van der Waals surface area contributed by atoms with E-state index in [4.69, 9.17) is 0 Å². The van der Waals surface area contributed by atoms with Gasteiger partial charge < -0.3 is 4.90 Å². The standard InChI is InChI=1S/C19H26N4O4S2/c1-3-21-10-12-22(13-11-21)19(18-5-4-14-28-18)15(2)20-29(26,27)17-8-6-16(7-9-17)23(24)25/h4-9,14-15,19-20H,3,10-13H2,1-2H3/t15-,19+/m0/s1. The minimum absolute atomic E-state index is 0.0238. The number of likely N-dealkylation sites (N-methyl/N-ethyl adjacent to an activating group) is 1. The fourth-order valence-corrected chi connectivity index (χ4v) is 5.90. The van der Waals surface area contributed by atoms with E-state index in [9.17, 15) is 18.5 Å². The van der Waals surface area contributed by atoms with Crippen molar-refractivity contribution in [2.24, 2.45) is 0 Å². The van der Waals surface area contributed by atoms with Crippen molar-refractivity contribution in [2.75, 3.05) is 32.7 Å². The van der Waals surface area contributed by atoms with E-state index in [1.54, 1.807) is 11.3 Å². The van der Waals surface area contributed by atoms with Crippen molar-refractivity contribution in [3.8, 4) is 0 Å². The van der Waals surface area contributed by atoms with E-state index in [2.05, 4.69) is 21.4 Å². The number of nitrogens with one attached hydrogen (secondary N) is 1. The van der Waals surface area contributed by atoms with Gasteiger partial charge in [-0.1, -0.05) is 13.0 Å². The molecule has 0 radical (unpaired) electrons. The molecule has 0 saturated carbocycles. The first-order valence-electron chi connectivity index (χ1n) is 9.58. The summed E-state index contributed by atoms with van der Waals surface area (Å²) in [5, 5.41) is 12.8. The molecule has 2 aromatic rings. The summed E-state index contributed by atoms with van der Waals surface area (Å²) in [4.78, 5) is 16.1. The minimum atomic E-state index is -3.80. The Morgan fingerprint density at radius 3 is 2.34 bits per heavy atom. The fourth-order valence-electron chi connectivity index (χ4n) is 3.68. The lowest BCUT2D eigenvalue weighted by molar-refractivity contribution is -0.384. The Hall–Kier alpha value is -1.85. The molecule has 1 aliphatic rings. The van der Waals surface area contributed by atoms with Crippen LogP contribution >= 0.6 is 11.3 Å². The fraction of sp³-hybridized carbons (Fsp3) is 0.474. The van der Waals surface area contributed by atoms with Crippen LogP contribution in [0.2, 0.25) is 0 Å². The molecule has 0 amide bonds. The van der Waals surface area contributed by atoms with Gasteiger partial charge in [0.25, 0.3) is 5.69 Å². The molecule has 1 saturated heterocycles. The van der Waals surface area contributed by atoms with Gasteiger partial charge in [0.15, 0.2) is 0 Å². The molecule has 0 unspecified atom stereocenters. The molecule has 10 heteroatoms. The maximum absolute atomic E-state index is 12.9. The smallest absolute Gasteiger partial charge is 0.269 e. The van der Waals surface area contributed by atoms with Crippen molar-refractivity contribution in [1.82, 2.24) is 14.5 Å². The molecule has 2 heterocycles. The molecular weight excluding hydrogens is 412 g/mol. The predicted octanol–water partition coefficient (Wildman–Crippen LogP) is 2.70. The van der Waals surface area contributed by atoms with Gasteiger partial charge >= 0.3 is 0 Å². The average molecular weight is 439 g/mol. The summed E-state index contributed by atoms with van der Waals surface area (Å²) in [6.45, 7) is 8.70. The van der Waals surface area contributed by atoms with E-state index in [0.29, 0.717) is 0 Å². The zero-order valence-electron chi connectivity index (χ0n) is 16.5. The molecule has 0 spiro atoms. The molecule has 0 aliphatic carbocycles. The van der Waals surface area contributed by atoms with Gasteiger partial charge in [-0.2, -0.15) is 0 Å². The predicted molar refractivity (Wildman–Crippen MR) is 114 cm³/mol. The highest BCUT2D eigenvalue weighted by Gasteiger charge is 2.32. The molecule has 1 N–H and O–H groups in total. The van der Waals surface area contributed by atoms with Gasteiger partial charge in [-0.25, -0.2) is 13.1 Å². The first-order valence-corrected chi connectivity index (χ1v) is 11.9. The zero-order valence-corrected chi connectivity index (χ0v) is 18.2. The van der Waals surface area contributed by atoms with E-state index in [1.807, 2.05) is 24.4 Å². The maximum atomic E-state index is 12.9. The van der Waals surface area contributed by atoms with Gasteiger partial charge in [-0.05, 0) is 37.0 Å². The normalized spacial score (nSPS) is 18.4. The number of hydrogen-bond acceptors (Lipinski definition) is 7. The number of benzene rings is 1. The number of nitrogens with zero attached hydrogens (tertiary/aromatic N) is 3. The van der Waals surface area contributed by atoms with Crippen LogP contribution in [0.1, 0.15) is 24.8 Å². The van der Waals surface area contributed by atoms with Crippen molar-refractivity contribution >= 4 is 27.0 Å². The SMILES string of the molecule is CCN1CCN([C@@H](c2cccs2)[C@H](C)NS(=O)(=O)c2ccc([N+](=O)[O-])cc2)CC1. The van der Waals surface area contributed by atoms with Crippen LogP contribution in [0, 0.1) is 10.1 Å². The third-order valence-electron chi connectivity index (χ3n) is 5.25. The first-order chi connectivity index (χ1) is 13.8. The number of nitro groups is 1. The number of non-ortho nitro benzene ring substituents is 1. The summed E-state index contributed by atoms with van der Waals surface area (Å²) in [5.41, 5.74) is -0.137. The average Bonchev–Trinajstić information content (AvgIpc) is 3.22. The third kappa shape index (κ3) is 5.20. The molecule has 2 atom stereocenters. The van der Waals surface area contributed by atoms with Gasteiger partial charge in [0.1, 0.15) is 0 Å². The lowest BCUT2D eigenvalue weighted by atomic mass is 10.1. The van der Waals surface area contributed by atoms with Gasteiger partial charge in [0.2, 0.25) is 10.0 Å². The van der Waals surface area contributed by atoms with E-state index >= 15 is 0 Å². The molecule has 1 aromatic heterocycles. The van der Waals surface area contributed by atoms with Gasteiger partial charge in [-0.3, -0.25) is 15.0 Å². The van der Waals surface area contributed by atoms with Crippen molar-refractivity contribution in [3.63, 3.8) is 0 Å². The summed E-state index contributed by atoms with van der Waals surface area (Å²) >= 11 is 1.62. The van der Waals surface area contributed by atoms with Crippen LogP contribution in [-0.2, 0) is 10.0 Å². The third-order valence-corrected chi connectivity index (χ3v) is 7.77. The number of thiophene rings is 1. The van der Waals surface area contributed by atoms with Crippen LogP contribution in [0.15, 0.2) is 46.7 Å². The summed E-state index contributed by atoms with van der Waals surface area (Å²) in [6, 6.07) is 8.55. The Morgan fingerprint density at radius 1 is 1.17 bits per heavy atom. The highest BCUT2D eigenvalue weighted by atomic mass is 32.2. The lowest BCUT2D eigenvalue weighted by Gasteiger charge is -2.41. The highest BCUT2D eigenvalue weighted by Crippen LogP contribution is 2.30. The molecule has 0 bridgehead atoms. The van der Waals surface area contributed by atoms with Crippen LogP contribution in [0.4, 0.5) is 5.69 Å². The minimum Gasteiger partial charge on any atom is -0.301 e. The van der Waals surface area contributed by atoms with Gasteiger partial charge in [0, 0.05) is 49.2 Å². The van der Waals surface area contributed by atoms with Gasteiger partial charge in [0.05, 0.1) is 15.9 Å². The summed E-state index contributed by atoms with van der Waals surface area (Å²) < 4.78 is 28.5. The number of nitro benzene ring substituents is 1. The molecule has 1 fully saturated rings. The van der Waals surface area contributed by atoms with E-state index in [-0.39, 0.29) is 22.7 Å². The van der Waals surface area contributed by atoms with Gasteiger partial charge in [-0.15, -0.1) is 11.3 Å². The van der Waals surface area contributed by atoms with Crippen molar-refractivity contribution in [3.05, 3.63) is 56.8 Å². The zero-order chi connectivity index (χ0) is 21.0. The summed E-state index contributed by atoms with van der Waals surface area (Å²) in [6.07, 6.45) is 0. The number of piperazine rings is 1. The second-order valence-electron chi connectivity index (χ2n) is 7.09. The molecule has 158 valence electrons. The van der Waals surface area contributed by atoms with Crippen LogP contribution in [-0.4, -0.2) is 61.9 Å². The van der Waals surface area contributed by atoms with Crippen LogP contribution in [0.25, 0.3) is 0 Å². The molecular formula is C19H26N4O4S2. The van der Waals surface area contributed by atoms with E-state index in [0.717, 1.165) is 37.6 Å². The van der Waals surface area contributed by atoms with Crippen molar-refractivity contribution in [1.29, 1.82) is 0 Å². The Kier molecular flexibility index (Phi) is 7.01. The quantitative estimate of drug-likeness (QED) is 0.503. The van der Waals surface area contributed by atoms with Crippen LogP contribution in [0.5, 0.6) is 0 Å². The Morgan fingerprint density at radius 2 is 1.83 bits per heavy atom. The molecule has 3 rings (SSSR count). The molecule has 1 aromatic carbocycles. The number of sulfonamides is 1. The largest absolute Gasteiger partial charge is 0.301 e. The summed E-state index contributed by atoms with van der Waals surface area (Å²) in [7, 11) is -3.80. The highest BCUT2D eigenvalue weighted by molar-refractivity contribution is 7.89.